The SMILES string of the molecule is COC(C)(C)CCOc1nccnc1C#N. The van der Waals surface area contributed by atoms with Crippen LogP contribution in [0, 0.1) is 11.3 Å². The second-order valence-corrected chi connectivity index (χ2v) is 3.88. The lowest BCUT2D eigenvalue weighted by Crippen LogP contribution is -2.25. The van der Waals surface area contributed by atoms with Crippen molar-refractivity contribution in [2.24, 2.45) is 0 Å². The summed E-state index contributed by atoms with van der Waals surface area (Å²) in [5, 5.41) is 8.77. The summed E-state index contributed by atoms with van der Waals surface area (Å²) < 4.78 is 10.6. The van der Waals surface area contributed by atoms with E-state index in [0.29, 0.717) is 13.0 Å². The second kappa shape index (κ2) is 5.42. The van der Waals surface area contributed by atoms with Gasteiger partial charge in [-0.15, -0.1) is 0 Å². The van der Waals surface area contributed by atoms with Gasteiger partial charge in [-0.1, -0.05) is 0 Å². The van der Waals surface area contributed by atoms with Crippen molar-refractivity contribution in [2.45, 2.75) is 25.9 Å². The molecule has 0 N–H and O–H groups in total. The molecule has 0 saturated heterocycles. The topological polar surface area (TPSA) is 68.0 Å². The van der Waals surface area contributed by atoms with Gasteiger partial charge in [0, 0.05) is 25.9 Å². The maximum atomic E-state index is 8.77. The molecule has 0 amide bonds. The third kappa shape index (κ3) is 3.48. The molecule has 0 radical (unpaired) electrons. The average Bonchev–Trinajstić information content (AvgIpc) is 2.29. The van der Waals surface area contributed by atoms with E-state index in [1.165, 1.54) is 12.4 Å². The van der Waals surface area contributed by atoms with Crippen molar-refractivity contribution >= 4 is 0 Å². The van der Waals surface area contributed by atoms with E-state index in [2.05, 4.69) is 9.97 Å². The molecule has 0 unspecified atom stereocenters. The number of hydrogen-bond acceptors (Lipinski definition) is 5. The lowest BCUT2D eigenvalue weighted by Gasteiger charge is -2.22. The summed E-state index contributed by atoms with van der Waals surface area (Å²) in [7, 11) is 1.66. The fourth-order valence-corrected chi connectivity index (χ4v) is 1.00. The van der Waals surface area contributed by atoms with Gasteiger partial charge < -0.3 is 9.47 Å². The normalized spacial score (nSPS) is 10.9. The number of nitriles is 1. The Morgan fingerprint density at radius 3 is 2.69 bits per heavy atom. The van der Waals surface area contributed by atoms with Gasteiger partial charge >= 0.3 is 0 Å². The molecule has 0 aliphatic heterocycles. The zero-order valence-corrected chi connectivity index (χ0v) is 9.73. The van der Waals surface area contributed by atoms with Gasteiger partial charge in [0.2, 0.25) is 5.69 Å². The van der Waals surface area contributed by atoms with Crippen LogP contribution in [0.3, 0.4) is 0 Å². The van der Waals surface area contributed by atoms with Crippen molar-refractivity contribution in [3.8, 4) is 11.9 Å². The lowest BCUT2D eigenvalue weighted by molar-refractivity contribution is 0.00502. The fourth-order valence-electron chi connectivity index (χ4n) is 1.00. The molecule has 0 aromatic carbocycles. The van der Waals surface area contributed by atoms with Crippen LogP contribution in [0.5, 0.6) is 5.88 Å². The van der Waals surface area contributed by atoms with Crippen molar-refractivity contribution in [3.63, 3.8) is 0 Å². The zero-order valence-electron chi connectivity index (χ0n) is 9.73. The highest BCUT2D eigenvalue weighted by atomic mass is 16.5. The van der Waals surface area contributed by atoms with Crippen LogP contribution in [0.25, 0.3) is 0 Å². The van der Waals surface area contributed by atoms with Crippen molar-refractivity contribution in [1.29, 1.82) is 5.26 Å². The molecule has 0 bridgehead atoms. The van der Waals surface area contributed by atoms with Gasteiger partial charge in [0.1, 0.15) is 6.07 Å². The minimum Gasteiger partial charge on any atom is -0.475 e. The van der Waals surface area contributed by atoms with Gasteiger partial charge in [-0.05, 0) is 13.8 Å². The molecule has 0 fully saturated rings. The molecular weight excluding hydrogens is 206 g/mol. The van der Waals surface area contributed by atoms with E-state index in [4.69, 9.17) is 14.7 Å². The molecular formula is C11H15N3O2. The summed E-state index contributed by atoms with van der Waals surface area (Å²) in [6.07, 6.45) is 3.67. The van der Waals surface area contributed by atoms with Gasteiger partial charge in [-0.2, -0.15) is 5.26 Å². The first-order valence-electron chi connectivity index (χ1n) is 4.98. The minimum absolute atomic E-state index is 0.206. The van der Waals surface area contributed by atoms with Gasteiger partial charge in [-0.3, -0.25) is 0 Å². The number of ether oxygens (including phenoxy) is 2. The third-order valence-corrected chi connectivity index (χ3v) is 2.27. The highest BCUT2D eigenvalue weighted by Gasteiger charge is 2.16. The quantitative estimate of drug-likeness (QED) is 0.754. The number of rotatable bonds is 5. The Kier molecular flexibility index (Phi) is 4.20. The van der Waals surface area contributed by atoms with Gasteiger partial charge in [0.05, 0.1) is 12.2 Å². The van der Waals surface area contributed by atoms with Crippen molar-refractivity contribution in [2.75, 3.05) is 13.7 Å². The van der Waals surface area contributed by atoms with Gasteiger partial charge in [0.15, 0.2) is 0 Å². The molecule has 5 heteroatoms. The Morgan fingerprint density at radius 1 is 1.38 bits per heavy atom. The Balaban J connectivity index is 2.53. The highest BCUT2D eigenvalue weighted by molar-refractivity contribution is 5.29. The summed E-state index contributed by atoms with van der Waals surface area (Å²) >= 11 is 0. The van der Waals surface area contributed by atoms with Gasteiger partial charge in [0.25, 0.3) is 5.88 Å². The first kappa shape index (κ1) is 12.4. The highest BCUT2D eigenvalue weighted by Crippen LogP contribution is 2.15. The summed E-state index contributed by atoms with van der Waals surface area (Å²) in [5.74, 6) is 0.275. The number of hydrogen-bond donors (Lipinski definition) is 0. The van der Waals surface area contributed by atoms with Crippen LogP contribution in [0.15, 0.2) is 12.4 Å². The molecule has 0 aliphatic rings. The van der Waals surface area contributed by atoms with E-state index in [0.717, 1.165) is 0 Å². The van der Waals surface area contributed by atoms with Crippen LogP contribution >= 0.6 is 0 Å². The van der Waals surface area contributed by atoms with Crippen LogP contribution in [-0.2, 0) is 4.74 Å². The number of aromatic nitrogens is 2. The Labute approximate surface area is 95.0 Å². The molecule has 0 aliphatic carbocycles. The smallest absolute Gasteiger partial charge is 0.251 e. The van der Waals surface area contributed by atoms with Crippen LogP contribution in [-0.4, -0.2) is 29.3 Å². The predicted octanol–water partition coefficient (Wildman–Crippen LogP) is 1.54. The van der Waals surface area contributed by atoms with E-state index < -0.39 is 0 Å². The van der Waals surface area contributed by atoms with Crippen LogP contribution in [0.1, 0.15) is 26.0 Å². The number of methoxy groups -OCH3 is 1. The maximum absolute atomic E-state index is 8.77. The van der Waals surface area contributed by atoms with Crippen LogP contribution in [0.2, 0.25) is 0 Å². The second-order valence-electron chi connectivity index (χ2n) is 3.88. The first-order valence-corrected chi connectivity index (χ1v) is 4.98. The lowest BCUT2D eigenvalue weighted by atomic mass is 10.1. The standard InChI is InChI=1S/C11H15N3O2/c1-11(2,15-3)4-7-16-10-9(8-12)13-5-6-14-10/h5-6H,4,7H2,1-3H3. The molecule has 0 spiro atoms. The predicted molar refractivity (Wildman–Crippen MR) is 57.9 cm³/mol. The Bertz CT molecular complexity index is 385. The minimum atomic E-state index is -0.241. The van der Waals surface area contributed by atoms with Crippen molar-refractivity contribution < 1.29 is 9.47 Å². The monoisotopic (exact) mass is 221 g/mol. The zero-order chi connectivity index (χ0) is 12.0. The molecule has 86 valence electrons. The van der Waals surface area contributed by atoms with Crippen molar-refractivity contribution in [1.82, 2.24) is 9.97 Å². The largest absolute Gasteiger partial charge is 0.475 e. The molecule has 1 aromatic heterocycles. The molecule has 1 aromatic rings. The Morgan fingerprint density at radius 2 is 2.06 bits per heavy atom. The average molecular weight is 221 g/mol. The molecule has 16 heavy (non-hydrogen) atoms. The fraction of sp³-hybridized carbons (Fsp3) is 0.545. The molecule has 0 saturated carbocycles. The van der Waals surface area contributed by atoms with Crippen molar-refractivity contribution in [3.05, 3.63) is 18.1 Å². The summed E-state index contributed by atoms with van der Waals surface area (Å²) in [6, 6.07) is 1.93. The summed E-state index contributed by atoms with van der Waals surface area (Å²) in [4.78, 5) is 7.80. The van der Waals surface area contributed by atoms with E-state index in [1.54, 1.807) is 7.11 Å². The van der Waals surface area contributed by atoms with E-state index in [-0.39, 0.29) is 17.2 Å². The molecule has 0 atom stereocenters. The Hall–Kier alpha value is -1.67. The van der Waals surface area contributed by atoms with Crippen LogP contribution in [0.4, 0.5) is 0 Å². The van der Waals surface area contributed by atoms with Gasteiger partial charge in [-0.25, -0.2) is 9.97 Å². The molecule has 1 heterocycles. The summed E-state index contributed by atoms with van der Waals surface area (Å²) in [6.45, 7) is 4.38. The van der Waals surface area contributed by atoms with E-state index in [1.807, 2.05) is 19.9 Å². The molecule has 5 nitrogen and oxygen atoms in total. The van der Waals surface area contributed by atoms with E-state index >= 15 is 0 Å². The van der Waals surface area contributed by atoms with E-state index in [9.17, 15) is 0 Å². The third-order valence-electron chi connectivity index (χ3n) is 2.27. The maximum Gasteiger partial charge on any atom is 0.251 e. The first-order chi connectivity index (χ1) is 7.59. The molecule has 1 rings (SSSR count). The summed E-state index contributed by atoms with van der Waals surface area (Å²) in [5.41, 5.74) is -0.0348. The van der Waals surface area contributed by atoms with Crippen LogP contribution < -0.4 is 4.74 Å². The number of nitrogens with zero attached hydrogens (tertiary/aromatic N) is 3.